The van der Waals surface area contributed by atoms with E-state index in [0.29, 0.717) is 0 Å². The molecule has 0 N–H and O–H groups in total. The fraction of sp³-hybridized carbons (Fsp3) is 0.708. The molecule has 1 nitrogen and oxygen atoms in total. The number of benzene rings is 1. The zero-order valence-electron chi connectivity index (χ0n) is 19.3. The van der Waals surface area contributed by atoms with Gasteiger partial charge in [0.2, 0.25) is 0 Å². The molecule has 1 aromatic carbocycles. The molecule has 0 aliphatic carbocycles. The van der Waals surface area contributed by atoms with E-state index in [1.807, 2.05) is 27.7 Å². The van der Waals surface area contributed by atoms with Gasteiger partial charge in [0.25, 0.3) is 0 Å². The number of carbonyl (C=O) groups excluding carboxylic acids is 1. The van der Waals surface area contributed by atoms with Crippen molar-refractivity contribution in [2.45, 2.75) is 108 Å². The summed E-state index contributed by atoms with van der Waals surface area (Å²) in [4.78, 5) is 9.44. The van der Waals surface area contributed by atoms with Crippen molar-refractivity contribution in [3.8, 4) is 0 Å². The number of Topliss-reactive ketones (excluding diaryl/α,β-unsaturated/α-hetero) is 1. The summed E-state index contributed by atoms with van der Waals surface area (Å²) < 4.78 is 0. The van der Waals surface area contributed by atoms with Crippen LogP contribution in [0.3, 0.4) is 0 Å². The van der Waals surface area contributed by atoms with E-state index in [0.717, 1.165) is 12.3 Å². The summed E-state index contributed by atoms with van der Waals surface area (Å²) in [7, 11) is 0. The zero-order valence-corrected chi connectivity index (χ0v) is 19.3. The summed E-state index contributed by atoms with van der Waals surface area (Å²) >= 11 is 0. The minimum absolute atomic E-state index is 0.167. The predicted octanol–water partition coefficient (Wildman–Crippen LogP) is 8.43. The summed E-state index contributed by atoms with van der Waals surface area (Å²) in [5.41, 5.74) is 2.78. The van der Waals surface area contributed by atoms with Gasteiger partial charge in [-0.25, -0.2) is 0 Å². The van der Waals surface area contributed by atoms with Crippen molar-refractivity contribution < 1.29 is 4.79 Å². The first-order valence-corrected chi connectivity index (χ1v) is 10.4. The van der Waals surface area contributed by atoms with Crippen molar-refractivity contribution in [1.82, 2.24) is 0 Å². The van der Waals surface area contributed by atoms with Crippen LogP contribution in [-0.4, -0.2) is 5.78 Å². The number of aryl methyl sites for hydroxylation is 2. The number of hydrogen-bond acceptors (Lipinski definition) is 1. The maximum Gasteiger partial charge on any atom is 0.126 e. The maximum absolute atomic E-state index is 9.44. The van der Waals surface area contributed by atoms with Crippen LogP contribution in [0.1, 0.15) is 106 Å². The van der Waals surface area contributed by atoms with Crippen LogP contribution in [-0.2, 0) is 11.2 Å². The van der Waals surface area contributed by atoms with Crippen molar-refractivity contribution in [3.05, 3.63) is 35.4 Å². The van der Waals surface area contributed by atoms with E-state index < -0.39 is 0 Å². The van der Waals surface area contributed by atoms with Gasteiger partial charge in [0.1, 0.15) is 5.78 Å². The molecule has 1 heteroatoms. The Morgan fingerprint density at radius 1 is 0.960 bits per heavy atom. The lowest BCUT2D eigenvalue weighted by molar-refractivity contribution is -0.114. The van der Waals surface area contributed by atoms with Gasteiger partial charge in [0.05, 0.1) is 0 Å². The van der Waals surface area contributed by atoms with Gasteiger partial charge in [0, 0.05) is 0 Å². The Morgan fingerprint density at radius 2 is 1.44 bits per heavy atom. The van der Waals surface area contributed by atoms with Crippen molar-refractivity contribution >= 4 is 5.78 Å². The lowest BCUT2D eigenvalue weighted by Gasteiger charge is -2.00. The van der Waals surface area contributed by atoms with E-state index in [1.165, 1.54) is 50.7 Å². The van der Waals surface area contributed by atoms with Crippen molar-refractivity contribution in [3.63, 3.8) is 0 Å². The highest BCUT2D eigenvalue weighted by Gasteiger charge is 1.90. The fourth-order valence-electron chi connectivity index (χ4n) is 1.73. The Kier molecular flexibility index (Phi) is 35.1. The summed E-state index contributed by atoms with van der Waals surface area (Å²) in [5.74, 6) is 1.07. The van der Waals surface area contributed by atoms with Crippen LogP contribution in [0, 0.1) is 12.8 Å². The predicted molar refractivity (Wildman–Crippen MR) is 119 cm³/mol. The van der Waals surface area contributed by atoms with Crippen LogP contribution in [0.4, 0.5) is 0 Å². The molecule has 0 amide bonds. The van der Waals surface area contributed by atoms with E-state index in [-0.39, 0.29) is 5.78 Å². The van der Waals surface area contributed by atoms with E-state index in [2.05, 4.69) is 58.9 Å². The second-order valence-electron chi connectivity index (χ2n) is 6.14. The standard InChI is InChI=1S/C9H12.C8H18.C3H6O.2C2H6/c1-3-9-6-4-5-8(2)7-9;1-4-5-6-7-8(2)3;1-3(2)4;2*1-2/h4-7H,3H2,1-2H3;8H,4-7H2,1-3H3;1-2H3;2*1-2H3. The van der Waals surface area contributed by atoms with Crippen LogP contribution in [0.2, 0.25) is 0 Å². The van der Waals surface area contributed by atoms with Gasteiger partial charge in [-0.1, -0.05) is 111 Å². The van der Waals surface area contributed by atoms with Crippen LogP contribution in [0.25, 0.3) is 0 Å². The van der Waals surface area contributed by atoms with Gasteiger partial charge in [-0.3, -0.25) is 0 Å². The molecule has 0 saturated carbocycles. The number of rotatable bonds is 5. The number of hydrogen-bond donors (Lipinski definition) is 0. The lowest BCUT2D eigenvalue weighted by atomic mass is 10.1. The molecular weight excluding hydrogens is 304 g/mol. The SMILES string of the molecule is CC.CC.CC(C)=O.CCCCCC(C)C.CCc1cccc(C)c1. The van der Waals surface area contributed by atoms with Crippen LogP contribution >= 0.6 is 0 Å². The summed E-state index contributed by atoms with van der Waals surface area (Å²) in [6.07, 6.45) is 6.74. The largest absolute Gasteiger partial charge is 0.300 e. The summed E-state index contributed by atoms with van der Waals surface area (Å²) in [6.45, 7) is 22.2. The highest BCUT2D eigenvalue weighted by molar-refractivity contribution is 5.72. The minimum atomic E-state index is 0.167. The van der Waals surface area contributed by atoms with Crippen LogP contribution < -0.4 is 0 Å². The average Bonchev–Trinajstić information content (AvgIpc) is 2.58. The van der Waals surface area contributed by atoms with E-state index in [4.69, 9.17) is 0 Å². The Balaban J connectivity index is -0.000000126. The number of unbranched alkanes of at least 4 members (excludes halogenated alkanes) is 2. The smallest absolute Gasteiger partial charge is 0.126 e. The zero-order chi connectivity index (χ0) is 20.7. The molecule has 0 saturated heterocycles. The molecule has 1 aromatic rings. The topological polar surface area (TPSA) is 17.1 Å². The van der Waals surface area contributed by atoms with Gasteiger partial charge < -0.3 is 4.79 Å². The molecule has 0 aliphatic rings. The molecule has 0 aliphatic heterocycles. The molecule has 0 unspecified atom stereocenters. The maximum atomic E-state index is 9.44. The molecule has 0 radical (unpaired) electrons. The normalized spacial score (nSPS) is 8.32. The highest BCUT2D eigenvalue weighted by atomic mass is 16.1. The molecule has 0 atom stereocenters. The Labute approximate surface area is 160 Å². The second-order valence-corrected chi connectivity index (χ2v) is 6.14. The molecule has 0 bridgehead atoms. The van der Waals surface area contributed by atoms with Gasteiger partial charge in [0.15, 0.2) is 0 Å². The minimum Gasteiger partial charge on any atom is -0.300 e. The molecule has 0 aromatic heterocycles. The molecule has 25 heavy (non-hydrogen) atoms. The number of ketones is 1. The van der Waals surface area contributed by atoms with Gasteiger partial charge in [-0.2, -0.15) is 0 Å². The summed E-state index contributed by atoms with van der Waals surface area (Å²) in [5, 5.41) is 0. The molecule has 150 valence electrons. The third kappa shape index (κ3) is 39.6. The Hall–Kier alpha value is -1.11. The highest BCUT2D eigenvalue weighted by Crippen LogP contribution is 2.06. The molecule has 0 spiro atoms. The van der Waals surface area contributed by atoms with Gasteiger partial charge >= 0.3 is 0 Å². The molecule has 1 rings (SSSR count). The Morgan fingerprint density at radius 3 is 1.72 bits per heavy atom. The van der Waals surface area contributed by atoms with E-state index >= 15 is 0 Å². The van der Waals surface area contributed by atoms with Crippen LogP contribution in [0.5, 0.6) is 0 Å². The average molecular weight is 353 g/mol. The van der Waals surface area contributed by atoms with Crippen molar-refractivity contribution in [2.75, 3.05) is 0 Å². The monoisotopic (exact) mass is 352 g/mol. The van der Waals surface area contributed by atoms with Crippen LogP contribution in [0.15, 0.2) is 24.3 Å². The molecule has 0 fully saturated rings. The first-order chi connectivity index (χ1) is 11.8. The van der Waals surface area contributed by atoms with E-state index in [9.17, 15) is 4.79 Å². The summed E-state index contributed by atoms with van der Waals surface area (Å²) in [6, 6.07) is 8.61. The van der Waals surface area contributed by atoms with Gasteiger partial charge in [-0.15, -0.1) is 0 Å². The quantitative estimate of drug-likeness (QED) is 0.486. The fourth-order valence-corrected chi connectivity index (χ4v) is 1.73. The second kappa shape index (κ2) is 27.7. The van der Waals surface area contributed by atoms with Gasteiger partial charge in [-0.05, 0) is 38.7 Å². The molecule has 0 heterocycles. The van der Waals surface area contributed by atoms with Crippen molar-refractivity contribution in [2.24, 2.45) is 5.92 Å². The first kappa shape index (κ1) is 31.6. The first-order valence-electron chi connectivity index (χ1n) is 10.4. The third-order valence-corrected chi connectivity index (χ3v) is 2.88. The van der Waals surface area contributed by atoms with E-state index in [1.54, 1.807) is 0 Å². The Bertz CT molecular complexity index is 349. The van der Waals surface area contributed by atoms with Crippen molar-refractivity contribution in [1.29, 1.82) is 0 Å². The third-order valence-electron chi connectivity index (χ3n) is 2.88. The number of carbonyl (C=O) groups is 1. The molecular formula is C24H48O. The lowest BCUT2D eigenvalue weighted by Crippen LogP contribution is -1.85.